The molecule has 0 saturated carbocycles. The van der Waals surface area contributed by atoms with Crippen LogP contribution < -0.4 is 15.4 Å². The number of anilines is 1. The Labute approximate surface area is 106 Å². The number of hydrogen-bond acceptors (Lipinski definition) is 5. The van der Waals surface area contributed by atoms with Crippen LogP contribution >= 0.6 is 0 Å². The van der Waals surface area contributed by atoms with Crippen LogP contribution in [0.15, 0.2) is 24.4 Å². The lowest BCUT2D eigenvalue weighted by atomic mass is 10.2. The topological polar surface area (TPSA) is 59.1 Å². The lowest BCUT2D eigenvalue weighted by molar-refractivity contribution is 0.415. The van der Waals surface area contributed by atoms with E-state index in [0.29, 0.717) is 12.0 Å². The Hall–Kier alpha value is -1.88. The van der Waals surface area contributed by atoms with E-state index >= 15 is 0 Å². The molecule has 0 bridgehead atoms. The molecule has 0 radical (unpaired) electrons. The van der Waals surface area contributed by atoms with Gasteiger partial charge in [0.15, 0.2) is 0 Å². The fraction of sp³-hybridized carbons (Fsp3) is 0.385. The third kappa shape index (κ3) is 2.22. The molecule has 5 nitrogen and oxygen atoms in total. The fourth-order valence-electron chi connectivity index (χ4n) is 2.17. The van der Waals surface area contributed by atoms with Crippen molar-refractivity contribution < 1.29 is 4.74 Å². The standard InChI is InChI=1S/C13H16N4O/c1-18-11-2-3-12-9(6-11)7-15-13(17-12)16-10-4-5-14-8-10/h2-3,6-7,10,14H,4-5,8H2,1H3,(H,15,16,17)/t10-/m1/s1. The Morgan fingerprint density at radius 2 is 2.39 bits per heavy atom. The summed E-state index contributed by atoms with van der Waals surface area (Å²) >= 11 is 0. The molecule has 1 fully saturated rings. The first kappa shape index (κ1) is 11.2. The van der Waals surface area contributed by atoms with Gasteiger partial charge in [-0.3, -0.25) is 0 Å². The SMILES string of the molecule is COc1ccc2nc(N[C@@H]3CCNC3)ncc2c1. The van der Waals surface area contributed by atoms with E-state index in [2.05, 4.69) is 20.6 Å². The molecule has 94 valence electrons. The number of nitrogens with one attached hydrogen (secondary N) is 2. The molecule has 3 rings (SSSR count). The average molecular weight is 244 g/mol. The summed E-state index contributed by atoms with van der Waals surface area (Å²) in [7, 11) is 1.66. The quantitative estimate of drug-likeness (QED) is 0.855. The van der Waals surface area contributed by atoms with Gasteiger partial charge in [-0.15, -0.1) is 0 Å². The van der Waals surface area contributed by atoms with E-state index in [1.807, 2.05) is 24.4 Å². The molecule has 2 heterocycles. The second-order valence-corrected chi connectivity index (χ2v) is 4.45. The van der Waals surface area contributed by atoms with Crippen LogP contribution in [-0.4, -0.2) is 36.2 Å². The van der Waals surface area contributed by atoms with E-state index in [4.69, 9.17) is 4.74 Å². The van der Waals surface area contributed by atoms with Gasteiger partial charge in [0.25, 0.3) is 0 Å². The zero-order chi connectivity index (χ0) is 12.4. The van der Waals surface area contributed by atoms with Crippen LogP contribution in [0, 0.1) is 0 Å². The van der Waals surface area contributed by atoms with Crippen LogP contribution in [-0.2, 0) is 0 Å². The Balaban J connectivity index is 1.86. The number of benzene rings is 1. The predicted octanol–water partition coefficient (Wildman–Crippen LogP) is 1.41. The van der Waals surface area contributed by atoms with E-state index in [1.54, 1.807) is 7.11 Å². The normalized spacial score (nSPS) is 19.1. The van der Waals surface area contributed by atoms with Crippen molar-refractivity contribution in [2.75, 3.05) is 25.5 Å². The number of aromatic nitrogens is 2. The number of nitrogens with zero attached hydrogens (tertiary/aromatic N) is 2. The van der Waals surface area contributed by atoms with Crippen molar-refractivity contribution in [1.82, 2.24) is 15.3 Å². The minimum Gasteiger partial charge on any atom is -0.497 e. The number of fused-ring (bicyclic) bond motifs is 1. The van der Waals surface area contributed by atoms with Crippen LogP contribution in [0.2, 0.25) is 0 Å². The minimum absolute atomic E-state index is 0.431. The van der Waals surface area contributed by atoms with E-state index in [9.17, 15) is 0 Å². The Morgan fingerprint density at radius 3 is 3.17 bits per heavy atom. The molecule has 2 aromatic rings. The summed E-state index contributed by atoms with van der Waals surface area (Å²) in [5, 5.41) is 7.65. The fourth-order valence-corrected chi connectivity index (χ4v) is 2.17. The lowest BCUT2D eigenvalue weighted by Crippen LogP contribution is -2.23. The number of methoxy groups -OCH3 is 1. The molecule has 0 spiro atoms. The number of rotatable bonds is 3. The third-order valence-corrected chi connectivity index (χ3v) is 3.18. The van der Waals surface area contributed by atoms with Gasteiger partial charge in [-0.2, -0.15) is 0 Å². The second kappa shape index (κ2) is 4.78. The summed E-state index contributed by atoms with van der Waals surface area (Å²) in [6.45, 7) is 2.03. The maximum absolute atomic E-state index is 5.18. The van der Waals surface area contributed by atoms with Gasteiger partial charge in [0, 0.05) is 24.2 Å². The highest BCUT2D eigenvalue weighted by molar-refractivity contribution is 5.80. The molecule has 0 unspecified atom stereocenters. The highest BCUT2D eigenvalue weighted by atomic mass is 16.5. The third-order valence-electron chi connectivity index (χ3n) is 3.18. The smallest absolute Gasteiger partial charge is 0.223 e. The van der Waals surface area contributed by atoms with E-state index in [1.165, 1.54) is 0 Å². The maximum Gasteiger partial charge on any atom is 0.223 e. The molecular formula is C13H16N4O. The van der Waals surface area contributed by atoms with Gasteiger partial charge in [0.05, 0.1) is 12.6 Å². The Bertz CT molecular complexity index is 552. The van der Waals surface area contributed by atoms with Gasteiger partial charge < -0.3 is 15.4 Å². The monoisotopic (exact) mass is 244 g/mol. The Kier molecular flexibility index (Phi) is 2.98. The summed E-state index contributed by atoms with van der Waals surface area (Å²) in [5.41, 5.74) is 0.930. The molecule has 1 aliphatic rings. The highest BCUT2D eigenvalue weighted by Gasteiger charge is 2.14. The maximum atomic E-state index is 5.18. The molecule has 0 amide bonds. The number of hydrogen-bond donors (Lipinski definition) is 2. The van der Waals surface area contributed by atoms with Gasteiger partial charge in [0.2, 0.25) is 5.95 Å². The summed E-state index contributed by atoms with van der Waals surface area (Å²) in [4.78, 5) is 8.85. The summed E-state index contributed by atoms with van der Waals surface area (Å²) in [6.07, 6.45) is 2.94. The summed E-state index contributed by atoms with van der Waals surface area (Å²) < 4.78 is 5.18. The zero-order valence-corrected chi connectivity index (χ0v) is 10.3. The zero-order valence-electron chi connectivity index (χ0n) is 10.3. The first-order valence-corrected chi connectivity index (χ1v) is 6.13. The van der Waals surface area contributed by atoms with Crippen LogP contribution in [0.3, 0.4) is 0 Å². The van der Waals surface area contributed by atoms with Gasteiger partial charge in [-0.05, 0) is 31.2 Å². The molecule has 1 saturated heterocycles. The van der Waals surface area contributed by atoms with E-state index in [0.717, 1.165) is 36.2 Å². The first-order chi connectivity index (χ1) is 8.85. The molecule has 1 aromatic carbocycles. The molecule has 18 heavy (non-hydrogen) atoms. The van der Waals surface area contributed by atoms with Crippen molar-refractivity contribution in [3.05, 3.63) is 24.4 Å². The van der Waals surface area contributed by atoms with Crippen LogP contribution in [0.4, 0.5) is 5.95 Å². The van der Waals surface area contributed by atoms with Crippen molar-refractivity contribution in [2.24, 2.45) is 0 Å². The molecule has 2 N–H and O–H groups in total. The number of ether oxygens (including phenoxy) is 1. The van der Waals surface area contributed by atoms with Crippen molar-refractivity contribution in [2.45, 2.75) is 12.5 Å². The van der Waals surface area contributed by atoms with Crippen LogP contribution in [0.5, 0.6) is 5.75 Å². The average Bonchev–Trinajstić information content (AvgIpc) is 2.91. The van der Waals surface area contributed by atoms with Crippen molar-refractivity contribution in [3.8, 4) is 5.75 Å². The van der Waals surface area contributed by atoms with Gasteiger partial charge >= 0.3 is 0 Å². The second-order valence-electron chi connectivity index (χ2n) is 4.45. The van der Waals surface area contributed by atoms with E-state index in [-0.39, 0.29) is 0 Å². The minimum atomic E-state index is 0.431. The van der Waals surface area contributed by atoms with Crippen molar-refractivity contribution >= 4 is 16.9 Å². The van der Waals surface area contributed by atoms with Crippen LogP contribution in [0.1, 0.15) is 6.42 Å². The van der Waals surface area contributed by atoms with Crippen LogP contribution in [0.25, 0.3) is 10.9 Å². The predicted molar refractivity (Wildman–Crippen MR) is 71.0 cm³/mol. The molecule has 1 aliphatic heterocycles. The van der Waals surface area contributed by atoms with Gasteiger partial charge in [-0.25, -0.2) is 9.97 Å². The largest absolute Gasteiger partial charge is 0.497 e. The van der Waals surface area contributed by atoms with Crippen molar-refractivity contribution in [3.63, 3.8) is 0 Å². The van der Waals surface area contributed by atoms with Crippen molar-refractivity contribution in [1.29, 1.82) is 0 Å². The molecule has 1 atom stereocenters. The Morgan fingerprint density at radius 1 is 1.44 bits per heavy atom. The van der Waals surface area contributed by atoms with Gasteiger partial charge in [0.1, 0.15) is 5.75 Å². The summed E-state index contributed by atoms with van der Waals surface area (Å²) in [6, 6.07) is 6.24. The molecular weight excluding hydrogens is 228 g/mol. The first-order valence-electron chi connectivity index (χ1n) is 6.13. The highest BCUT2D eigenvalue weighted by Crippen LogP contribution is 2.19. The molecule has 5 heteroatoms. The molecule has 1 aromatic heterocycles. The van der Waals surface area contributed by atoms with Gasteiger partial charge in [-0.1, -0.05) is 0 Å². The summed E-state index contributed by atoms with van der Waals surface area (Å²) in [5.74, 6) is 1.52. The van der Waals surface area contributed by atoms with E-state index < -0.39 is 0 Å². The molecule has 0 aliphatic carbocycles. The lowest BCUT2D eigenvalue weighted by Gasteiger charge is -2.11.